The predicted octanol–water partition coefficient (Wildman–Crippen LogP) is 4.91. The molecule has 21 heavy (non-hydrogen) atoms. The van der Waals surface area contributed by atoms with Gasteiger partial charge in [0.25, 0.3) is 5.91 Å². The first-order chi connectivity index (χ1) is 10.1. The van der Waals surface area contributed by atoms with Crippen molar-refractivity contribution in [2.75, 3.05) is 24.6 Å². The molecule has 1 aliphatic rings. The van der Waals surface area contributed by atoms with Crippen molar-refractivity contribution in [3.8, 4) is 10.4 Å². The Kier molecular flexibility index (Phi) is 4.79. The van der Waals surface area contributed by atoms with Crippen LogP contribution in [-0.2, 0) is 0 Å². The van der Waals surface area contributed by atoms with E-state index in [1.807, 2.05) is 40.9 Å². The Morgan fingerprint density at radius 2 is 1.71 bits per heavy atom. The lowest BCUT2D eigenvalue weighted by Crippen LogP contribution is -2.37. The molecule has 2 aromatic rings. The third-order valence-electron chi connectivity index (χ3n) is 3.26. The summed E-state index contributed by atoms with van der Waals surface area (Å²) in [5.74, 6) is 2.17. The zero-order chi connectivity index (χ0) is 14.8. The molecule has 1 aliphatic heterocycles. The van der Waals surface area contributed by atoms with E-state index in [0.717, 1.165) is 39.9 Å². The number of carbonyl (C=O) groups excluding carboxylic acids is 1. The third kappa shape index (κ3) is 3.57. The Bertz CT molecular complexity index is 645. The van der Waals surface area contributed by atoms with Crippen LogP contribution in [0.25, 0.3) is 10.4 Å². The van der Waals surface area contributed by atoms with Crippen molar-refractivity contribution in [2.45, 2.75) is 0 Å². The van der Waals surface area contributed by atoms with Gasteiger partial charge in [-0.3, -0.25) is 4.79 Å². The first-order valence-electron chi connectivity index (χ1n) is 6.57. The van der Waals surface area contributed by atoms with E-state index in [9.17, 15) is 4.79 Å². The van der Waals surface area contributed by atoms with E-state index in [1.54, 1.807) is 6.07 Å². The van der Waals surface area contributed by atoms with E-state index in [-0.39, 0.29) is 5.91 Å². The van der Waals surface area contributed by atoms with Gasteiger partial charge in [-0.1, -0.05) is 23.2 Å². The van der Waals surface area contributed by atoms with Crippen LogP contribution in [0.15, 0.2) is 30.3 Å². The van der Waals surface area contributed by atoms with E-state index < -0.39 is 0 Å². The lowest BCUT2D eigenvalue weighted by molar-refractivity contribution is 0.0777. The van der Waals surface area contributed by atoms with Crippen molar-refractivity contribution in [1.29, 1.82) is 0 Å². The van der Waals surface area contributed by atoms with Crippen LogP contribution in [0.2, 0.25) is 10.0 Å². The van der Waals surface area contributed by atoms with Gasteiger partial charge in [-0.05, 0) is 35.9 Å². The standard InChI is InChI=1S/C15H13Cl2NOS2/c16-11-7-10(8-12(17)9-11)13-1-2-14(21-13)15(19)18-3-5-20-6-4-18/h1-2,7-9H,3-6H2. The topological polar surface area (TPSA) is 20.3 Å². The van der Waals surface area contributed by atoms with Gasteiger partial charge in [0.05, 0.1) is 4.88 Å². The van der Waals surface area contributed by atoms with Crippen LogP contribution in [0.5, 0.6) is 0 Å². The second-order valence-electron chi connectivity index (χ2n) is 4.73. The molecule has 0 spiro atoms. The SMILES string of the molecule is O=C(c1ccc(-c2cc(Cl)cc(Cl)c2)s1)N1CCSCC1. The number of carbonyl (C=O) groups is 1. The van der Waals surface area contributed by atoms with Gasteiger partial charge in [-0.25, -0.2) is 0 Å². The molecule has 0 saturated carbocycles. The minimum absolute atomic E-state index is 0.125. The maximum Gasteiger partial charge on any atom is 0.263 e. The van der Waals surface area contributed by atoms with Crippen molar-refractivity contribution >= 4 is 52.2 Å². The Morgan fingerprint density at radius 3 is 2.38 bits per heavy atom. The highest BCUT2D eigenvalue weighted by Crippen LogP contribution is 2.33. The Balaban J connectivity index is 1.84. The van der Waals surface area contributed by atoms with Crippen LogP contribution in [-0.4, -0.2) is 35.4 Å². The molecule has 2 heterocycles. The summed E-state index contributed by atoms with van der Waals surface area (Å²) < 4.78 is 0. The molecule has 0 aliphatic carbocycles. The van der Waals surface area contributed by atoms with Crippen LogP contribution < -0.4 is 0 Å². The van der Waals surface area contributed by atoms with E-state index >= 15 is 0 Å². The first kappa shape index (κ1) is 15.2. The number of hydrogen-bond acceptors (Lipinski definition) is 3. The van der Waals surface area contributed by atoms with Crippen LogP contribution in [0.3, 0.4) is 0 Å². The number of rotatable bonds is 2. The molecule has 0 unspecified atom stereocenters. The number of halogens is 2. The minimum Gasteiger partial charge on any atom is -0.336 e. The predicted molar refractivity (Wildman–Crippen MR) is 93.0 cm³/mol. The Hall–Kier alpha value is -0.680. The number of thiophene rings is 1. The number of hydrogen-bond donors (Lipinski definition) is 0. The summed E-state index contributed by atoms with van der Waals surface area (Å²) in [5.41, 5.74) is 0.950. The molecule has 1 amide bonds. The summed E-state index contributed by atoms with van der Waals surface area (Å²) in [6.07, 6.45) is 0. The average molecular weight is 358 g/mol. The molecular weight excluding hydrogens is 345 g/mol. The summed E-state index contributed by atoms with van der Waals surface area (Å²) in [6, 6.07) is 9.28. The van der Waals surface area contributed by atoms with Gasteiger partial charge >= 0.3 is 0 Å². The van der Waals surface area contributed by atoms with E-state index in [1.165, 1.54) is 11.3 Å². The zero-order valence-corrected chi connectivity index (χ0v) is 14.3. The van der Waals surface area contributed by atoms with E-state index in [2.05, 4.69) is 0 Å². The average Bonchev–Trinajstić information content (AvgIpc) is 2.96. The molecule has 1 aromatic heterocycles. The van der Waals surface area contributed by atoms with Crippen LogP contribution in [0, 0.1) is 0 Å². The minimum atomic E-state index is 0.125. The van der Waals surface area contributed by atoms with Crippen LogP contribution in [0.4, 0.5) is 0 Å². The van der Waals surface area contributed by atoms with E-state index in [4.69, 9.17) is 23.2 Å². The fraction of sp³-hybridized carbons (Fsp3) is 0.267. The van der Waals surface area contributed by atoms with Gasteiger partial charge in [-0.15, -0.1) is 11.3 Å². The molecule has 6 heteroatoms. The highest BCUT2D eigenvalue weighted by Gasteiger charge is 2.20. The number of thioether (sulfide) groups is 1. The molecule has 0 atom stereocenters. The van der Waals surface area contributed by atoms with Crippen molar-refractivity contribution in [1.82, 2.24) is 4.90 Å². The molecule has 0 bridgehead atoms. The normalized spacial score (nSPS) is 15.2. The second kappa shape index (κ2) is 6.61. The molecular formula is C15H13Cl2NOS2. The highest BCUT2D eigenvalue weighted by molar-refractivity contribution is 7.99. The lowest BCUT2D eigenvalue weighted by atomic mass is 10.2. The summed E-state index contributed by atoms with van der Waals surface area (Å²) in [4.78, 5) is 16.2. The largest absolute Gasteiger partial charge is 0.336 e. The summed E-state index contributed by atoms with van der Waals surface area (Å²) in [6.45, 7) is 1.67. The summed E-state index contributed by atoms with van der Waals surface area (Å²) in [7, 11) is 0. The first-order valence-corrected chi connectivity index (χ1v) is 9.29. The molecule has 0 radical (unpaired) electrons. The smallest absolute Gasteiger partial charge is 0.263 e. The zero-order valence-electron chi connectivity index (χ0n) is 11.1. The van der Waals surface area contributed by atoms with Gasteiger partial charge in [0, 0.05) is 39.5 Å². The summed E-state index contributed by atoms with van der Waals surface area (Å²) in [5, 5.41) is 1.21. The second-order valence-corrected chi connectivity index (χ2v) is 7.91. The van der Waals surface area contributed by atoms with Crippen LogP contribution >= 0.6 is 46.3 Å². The van der Waals surface area contributed by atoms with Crippen molar-refractivity contribution in [3.63, 3.8) is 0 Å². The molecule has 1 aromatic carbocycles. The van der Waals surface area contributed by atoms with Crippen molar-refractivity contribution < 1.29 is 4.79 Å². The number of benzene rings is 1. The molecule has 3 rings (SSSR count). The van der Waals surface area contributed by atoms with Crippen molar-refractivity contribution in [3.05, 3.63) is 45.3 Å². The van der Waals surface area contributed by atoms with Gasteiger partial charge in [0.2, 0.25) is 0 Å². The molecule has 1 fully saturated rings. The van der Waals surface area contributed by atoms with Gasteiger partial charge in [0.15, 0.2) is 0 Å². The maximum atomic E-state index is 12.5. The van der Waals surface area contributed by atoms with Crippen molar-refractivity contribution in [2.24, 2.45) is 0 Å². The quantitative estimate of drug-likeness (QED) is 0.760. The molecule has 110 valence electrons. The Morgan fingerprint density at radius 1 is 1.05 bits per heavy atom. The fourth-order valence-electron chi connectivity index (χ4n) is 2.23. The lowest BCUT2D eigenvalue weighted by Gasteiger charge is -2.25. The number of amides is 1. The molecule has 1 saturated heterocycles. The third-order valence-corrected chi connectivity index (χ3v) is 5.76. The number of nitrogens with zero attached hydrogens (tertiary/aromatic N) is 1. The van der Waals surface area contributed by atoms with Gasteiger partial charge in [0.1, 0.15) is 0 Å². The Labute approximate surface area is 142 Å². The molecule has 2 nitrogen and oxygen atoms in total. The van der Waals surface area contributed by atoms with Gasteiger partial charge in [-0.2, -0.15) is 11.8 Å². The highest BCUT2D eigenvalue weighted by atomic mass is 35.5. The van der Waals surface area contributed by atoms with E-state index in [0.29, 0.717) is 10.0 Å². The van der Waals surface area contributed by atoms with Gasteiger partial charge < -0.3 is 4.90 Å². The maximum absolute atomic E-state index is 12.5. The monoisotopic (exact) mass is 357 g/mol. The molecule has 0 N–H and O–H groups in total. The van der Waals surface area contributed by atoms with Crippen LogP contribution in [0.1, 0.15) is 9.67 Å². The summed E-state index contributed by atoms with van der Waals surface area (Å²) >= 11 is 15.5. The fourth-order valence-corrected chi connectivity index (χ4v) is 4.62.